The first-order chi connectivity index (χ1) is 13.8. The molecule has 0 spiro atoms. The molecule has 2 amide bonds. The zero-order valence-electron chi connectivity index (χ0n) is 16.6. The molecule has 0 radical (unpaired) electrons. The van der Waals surface area contributed by atoms with E-state index < -0.39 is 0 Å². The lowest BCUT2D eigenvalue weighted by molar-refractivity contribution is -0.120. The van der Waals surface area contributed by atoms with Crippen molar-refractivity contribution >= 4 is 35.2 Å². The van der Waals surface area contributed by atoms with Crippen molar-refractivity contribution < 1.29 is 9.59 Å². The molecule has 0 unspecified atom stereocenters. The van der Waals surface area contributed by atoms with E-state index in [2.05, 4.69) is 35.8 Å². The number of halogens is 1. The average Bonchev–Trinajstić information content (AvgIpc) is 3.11. The number of hydrogen-bond donors (Lipinski definition) is 0. The van der Waals surface area contributed by atoms with E-state index in [4.69, 9.17) is 11.6 Å². The number of carbonyl (C=O) groups excluding carboxylic acids is 2. The second-order valence-electron chi connectivity index (χ2n) is 7.36. The predicted molar refractivity (Wildman–Crippen MR) is 117 cm³/mol. The van der Waals surface area contributed by atoms with Gasteiger partial charge in [0.25, 0.3) is 5.91 Å². The average molecular weight is 405 g/mol. The highest BCUT2D eigenvalue weighted by Crippen LogP contribution is 2.30. The molecule has 1 fully saturated rings. The first-order valence-electron chi connectivity index (χ1n) is 9.44. The molecule has 5 heteroatoms. The highest BCUT2D eigenvalue weighted by molar-refractivity contribution is 6.32. The zero-order valence-corrected chi connectivity index (χ0v) is 17.3. The van der Waals surface area contributed by atoms with Crippen molar-refractivity contribution in [2.24, 2.45) is 0 Å². The number of hydrogen-bond acceptors (Lipinski definition) is 2. The molecule has 2 heterocycles. The first kappa shape index (κ1) is 19.2. The van der Waals surface area contributed by atoms with Gasteiger partial charge in [0.1, 0.15) is 0 Å². The highest BCUT2D eigenvalue weighted by atomic mass is 35.5. The third-order valence-corrected chi connectivity index (χ3v) is 5.46. The van der Waals surface area contributed by atoms with Crippen molar-refractivity contribution in [1.82, 2.24) is 4.57 Å². The molecule has 1 aliphatic rings. The lowest BCUT2D eigenvalue weighted by atomic mass is 10.1. The molecular formula is C24H21ClN2O2. The summed E-state index contributed by atoms with van der Waals surface area (Å²) >= 11 is 6.03. The third-order valence-electron chi connectivity index (χ3n) is 5.23. The molecule has 0 N–H and O–H groups in total. The van der Waals surface area contributed by atoms with E-state index in [-0.39, 0.29) is 18.2 Å². The maximum Gasteiger partial charge on any atom is 0.261 e. The van der Waals surface area contributed by atoms with Crippen LogP contribution in [0.2, 0.25) is 5.02 Å². The van der Waals surface area contributed by atoms with Gasteiger partial charge in [-0.15, -0.1) is 0 Å². The molecular weight excluding hydrogens is 384 g/mol. The van der Waals surface area contributed by atoms with Crippen LogP contribution < -0.4 is 4.90 Å². The Balaban J connectivity index is 1.70. The van der Waals surface area contributed by atoms with Gasteiger partial charge in [-0.1, -0.05) is 35.4 Å². The Morgan fingerprint density at radius 1 is 0.931 bits per heavy atom. The minimum Gasteiger partial charge on any atom is -0.318 e. The summed E-state index contributed by atoms with van der Waals surface area (Å²) in [4.78, 5) is 26.7. The number of benzene rings is 2. The van der Waals surface area contributed by atoms with E-state index in [1.165, 1.54) is 10.5 Å². The van der Waals surface area contributed by atoms with Crippen molar-refractivity contribution in [2.45, 2.75) is 27.2 Å². The fraction of sp³-hybridized carbons (Fsp3) is 0.167. The monoisotopic (exact) mass is 404 g/mol. The van der Waals surface area contributed by atoms with Crippen LogP contribution in [0.3, 0.4) is 0 Å². The van der Waals surface area contributed by atoms with Crippen LogP contribution in [0.4, 0.5) is 5.69 Å². The van der Waals surface area contributed by atoms with E-state index in [0.717, 1.165) is 22.6 Å². The van der Waals surface area contributed by atoms with Gasteiger partial charge in [-0.05, 0) is 68.8 Å². The molecule has 0 saturated carbocycles. The summed E-state index contributed by atoms with van der Waals surface area (Å²) in [5.74, 6) is -0.534. The van der Waals surface area contributed by atoms with Crippen LogP contribution in [-0.2, 0) is 9.59 Å². The highest BCUT2D eigenvalue weighted by Gasteiger charge is 2.35. The number of imide groups is 1. The number of carbonyl (C=O) groups is 2. The first-order valence-corrected chi connectivity index (χ1v) is 9.82. The molecule has 1 saturated heterocycles. The van der Waals surface area contributed by atoms with Crippen LogP contribution in [0, 0.1) is 20.8 Å². The molecule has 4 rings (SSSR count). The summed E-state index contributed by atoms with van der Waals surface area (Å²) in [6, 6.07) is 17.2. The van der Waals surface area contributed by atoms with Crippen LogP contribution in [-0.4, -0.2) is 16.4 Å². The normalized spacial score (nSPS) is 15.6. The molecule has 3 aromatic rings. The van der Waals surface area contributed by atoms with Gasteiger partial charge < -0.3 is 4.57 Å². The molecule has 1 aliphatic heterocycles. The van der Waals surface area contributed by atoms with Gasteiger partial charge in [0, 0.05) is 27.7 Å². The number of rotatable bonds is 3. The maximum atomic E-state index is 12.9. The van der Waals surface area contributed by atoms with Crippen molar-refractivity contribution in [2.75, 3.05) is 4.90 Å². The standard InChI is InChI=1S/C24H21ClN2O2/c1-15-7-9-21(10-8-15)26-16(2)11-18(17(26)3)12-19-13-23(28)27(24(19)29)22-6-4-5-20(25)14-22/h4-12,14H,13H2,1-3H3. The molecule has 146 valence electrons. The number of aryl methyl sites for hydroxylation is 2. The molecule has 4 nitrogen and oxygen atoms in total. The van der Waals surface area contributed by atoms with E-state index in [0.29, 0.717) is 16.3 Å². The number of anilines is 1. The van der Waals surface area contributed by atoms with Crippen molar-refractivity contribution in [1.29, 1.82) is 0 Å². The van der Waals surface area contributed by atoms with E-state index in [1.807, 2.05) is 26.0 Å². The smallest absolute Gasteiger partial charge is 0.261 e. The third kappa shape index (κ3) is 3.52. The second kappa shape index (κ2) is 7.37. The zero-order chi connectivity index (χ0) is 20.7. The summed E-state index contributed by atoms with van der Waals surface area (Å²) in [5, 5.41) is 0.488. The van der Waals surface area contributed by atoms with Gasteiger partial charge in [-0.3, -0.25) is 9.59 Å². The van der Waals surface area contributed by atoms with Gasteiger partial charge in [0.05, 0.1) is 12.1 Å². The van der Waals surface area contributed by atoms with Gasteiger partial charge in [-0.25, -0.2) is 4.90 Å². The van der Waals surface area contributed by atoms with Gasteiger partial charge >= 0.3 is 0 Å². The lowest BCUT2D eigenvalue weighted by Crippen LogP contribution is -2.28. The Morgan fingerprint density at radius 2 is 1.66 bits per heavy atom. The van der Waals surface area contributed by atoms with E-state index in [1.54, 1.807) is 24.3 Å². The van der Waals surface area contributed by atoms with E-state index >= 15 is 0 Å². The second-order valence-corrected chi connectivity index (χ2v) is 7.79. The van der Waals surface area contributed by atoms with Gasteiger partial charge in [-0.2, -0.15) is 0 Å². The summed E-state index contributed by atoms with van der Waals surface area (Å²) in [5.41, 5.74) is 6.30. The molecule has 0 bridgehead atoms. The number of nitrogens with zero attached hydrogens (tertiary/aromatic N) is 2. The fourth-order valence-electron chi connectivity index (χ4n) is 3.78. The van der Waals surface area contributed by atoms with Crippen molar-refractivity contribution in [3.05, 3.63) is 87.7 Å². The number of amides is 2. The fourth-order valence-corrected chi connectivity index (χ4v) is 3.96. The quantitative estimate of drug-likeness (QED) is 0.433. The van der Waals surface area contributed by atoms with Crippen LogP contribution in [0.1, 0.15) is 28.9 Å². The molecule has 0 aliphatic carbocycles. The van der Waals surface area contributed by atoms with Crippen LogP contribution in [0.5, 0.6) is 0 Å². The minimum absolute atomic E-state index is 0.0829. The summed E-state index contributed by atoms with van der Waals surface area (Å²) in [6.07, 6.45) is 1.91. The maximum absolute atomic E-state index is 12.9. The summed E-state index contributed by atoms with van der Waals surface area (Å²) in [6.45, 7) is 6.12. The Morgan fingerprint density at radius 3 is 2.34 bits per heavy atom. The molecule has 2 aromatic carbocycles. The topological polar surface area (TPSA) is 42.3 Å². The SMILES string of the molecule is Cc1ccc(-n2c(C)cc(C=C3CC(=O)N(c4cccc(Cl)c4)C3=O)c2C)cc1. The minimum atomic E-state index is -0.294. The molecule has 0 atom stereocenters. The Labute approximate surface area is 175 Å². The van der Waals surface area contributed by atoms with Gasteiger partial charge in [0.2, 0.25) is 5.91 Å². The van der Waals surface area contributed by atoms with Crippen LogP contribution in [0.25, 0.3) is 11.8 Å². The van der Waals surface area contributed by atoms with Crippen LogP contribution >= 0.6 is 11.6 Å². The Hall–Kier alpha value is -3.11. The predicted octanol–water partition coefficient (Wildman–Crippen LogP) is 5.40. The lowest BCUT2D eigenvalue weighted by Gasteiger charge is -2.13. The Kier molecular flexibility index (Phi) is 4.89. The molecule has 1 aromatic heterocycles. The van der Waals surface area contributed by atoms with Crippen molar-refractivity contribution in [3.8, 4) is 5.69 Å². The Bertz CT molecular complexity index is 1160. The van der Waals surface area contributed by atoms with Crippen molar-refractivity contribution in [3.63, 3.8) is 0 Å². The van der Waals surface area contributed by atoms with Crippen LogP contribution in [0.15, 0.2) is 60.2 Å². The molecule has 29 heavy (non-hydrogen) atoms. The number of aromatic nitrogens is 1. The largest absolute Gasteiger partial charge is 0.318 e. The summed E-state index contributed by atoms with van der Waals surface area (Å²) in [7, 11) is 0. The van der Waals surface area contributed by atoms with Gasteiger partial charge in [0.15, 0.2) is 0 Å². The van der Waals surface area contributed by atoms with E-state index in [9.17, 15) is 9.59 Å². The summed E-state index contributed by atoms with van der Waals surface area (Å²) < 4.78 is 2.15.